The lowest BCUT2D eigenvalue weighted by molar-refractivity contribution is -0.119. The Labute approximate surface area is 157 Å². The average molecular weight is 396 g/mol. The van der Waals surface area contributed by atoms with E-state index in [2.05, 4.69) is 10.6 Å². The van der Waals surface area contributed by atoms with Gasteiger partial charge in [-0.25, -0.2) is 13.2 Å². The number of nitrogens with one attached hydrogen (secondary N) is 2. The van der Waals surface area contributed by atoms with Crippen molar-refractivity contribution in [3.8, 4) is 0 Å². The number of benzene rings is 2. The number of anilines is 1. The normalized spacial score (nSPS) is 18.6. The standard InChI is InChI=1S/C18H15F3N2O3S/c1-18(8-24)17(26)23-14-4-9(2-3-15(14)27-18)16(25)22-7-11-12(20)5-10(19)6-13(11)21/h2-6,24H,7-8H2,1H3,(H,22,25)(H,23,26). The van der Waals surface area contributed by atoms with Crippen LogP contribution in [0.25, 0.3) is 0 Å². The minimum atomic E-state index is -1.09. The molecule has 9 heteroatoms. The average Bonchev–Trinajstić information content (AvgIpc) is 2.61. The molecule has 2 amide bonds. The molecule has 1 aliphatic heterocycles. The Bertz CT molecular complexity index is 915. The van der Waals surface area contributed by atoms with Crippen molar-refractivity contribution < 1.29 is 27.9 Å². The molecular weight excluding hydrogens is 381 g/mol. The Morgan fingerprint density at radius 2 is 1.89 bits per heavy atom. The summed E-state index contributed by atoms with van der Waals surface area (Å²) in [6.45, 7) is 0.792. The summed E-state index contributed by atoms with van der Waals surface area (Å²) in [6.07, 6.45) is 0. The van der Waals surface area contributed by atoms with Gasteiger partial charge in [0.25, 0.3) is 5.91 Å². The molecule has 0 radical (unpaired) electrons. The van der Waals surface area contributed by atoms with E-state index in [-0.39, 0.29) is 12.2 Å². The molecule has 5 nitrogen and oxygen atoms in total. The number of rotatable bonds is 4. The van der Waals surface area contributed by atoms with Crippen molar-refractivity contribution in [2.45, 2.75) is 23.1 Å². The molecule has 0 saturated carbocycles. The number of thioether (sulfide) groups is 1. The number of aliphatic hydroxyl groups excluding tert-OH is 1. The summed E-state index contributed by atoms with van der Waals surface area (Å²) in [5, 5.41) is 14.4. The zero-order valence-electron chi connectivity index (χ0n) is 14.1. The molecule has 1 unspecified atom stereocenters. The molecule has 1 heterocycles. The van der Waals surface area contributed by atoms with Crippen molar-refractivity contribution >= 4 is 29.3 Å². The van der Waals surface area contributed by atoms with Crippen LogP contribution in [-0.4, -0.2) is 28.3 Å². The minimum Gasteiger partial charge on any atom is -0.394 e. The maximum absolute atomic E-state index is 13.6. The Morgan fingerprint density at radius 1 is 1.22 bits per heavy atom. The van der Waals surface area contributed by atoms with Crippen LogP contribution in [0.3, 0.4) is 0 Å². The molecule has 3 N–H and O–H groups in total. The number of carbonyl (C=O) groups is 2. The van der Waals surface area contributed by atoms with Crippen LogP contribution in [0.5, 0.6) is 0 Å². The van der Waals surface area contributed by atoms with Gasteiger partial charge in [-0.2, -0.15) is 0 Å². The number of amides is 2. The van der Waals surface area contributed by atoms with E-state index in [0.717, 1.165) is 0 Å². The Balaban J connectivity index is 1.76. The number of carbonyl (C=O) groups excluding carboxylic acids is 2. The molecule has 0 aromatic heterocycles. The maximum atomic E-state index is 13.6. The highest BCUT2D eigenvalue weighted by Gasteiger charge is 2.38. The summed E-state index contributed by atoms with van der Waals surface area (Å²) in [5.41, 5.74) is 0.123. The van der Waals surface area contributed by atoms with Crippen molar-refractivity contribution in [1.82, 2.24) is 5.32 Å². The monoisotopic (exact) mass is 396 g/mol. The third-order valence-corrected chi connectivity index (χ3v) is 5.48. The van der Waals surface area contributed by atoms with Crippen LogP contribution in [0.1, 0.15) is 22.8 Å². The van der Waals surface area contributed by atoms with Crippen LogP contribution in [0.4, 0.5) is 18.9 Å². The SMILES string of the molecule is CC1(CO)Sc2ccc(C(=O)NCc3c(F)cc(F)cc3F)cc2NC1=O. The van der Waals surface area contributed by atoms with Crippen LogP contribution < -0.4 is 10.6 Å². The molecule has 1 atom stereocenters. The van der Waals surface area contributed by atoms with E-state index < -0.39 is 46.1 Å². The van der Waals surface area contributed by atoms with Crippen molar-refractivity contribution in [2.24, 2.45) is 0 Å². The largest absolute Gasteiger partial charge is 0.394 e. The molecule has 0 spiro atoms. The number of hydrogen-bond acceptors (Lipinski definition) is 4. The first-order valence-electron chi connectivity index (χ1n) is 7.90. The van der Waals surface area contributed by atoms with E-state index in [0.29, 0.717) is 22.7 Å². The fourth-order valence-corrected chi connectivity index (χ4v) is 3.57. The van der Waals surface area contributed by atoms with Crippen LogP contribution in [0.2, 0.25) is 0 Å². The zero-order valence-corrected chi connectivity index (χ0v) is 14.9. The Morgan fingerprint density at radius 3 is 2.52 bits per heavy atom. The van der Waals surface area contributed by atoms with Gasteiger partial charge in [0, 0.05) is 34.7 Å². The van der Waals surface area contributed by atoms with E-state index in [1.54, 1.807) is 13.0 Å². The minimum absolute atomic E-state index is 0.171. The molecule has 0 aliphatic carbocycles. The number of aliphatic hydroxyl groups is 1. The molecule has 1 aliphatic rings. The van der Waals surface area contributed by atoms with Crippen molar-refractivity contribution in [3.05, 3.63) is 58.9 Å². The Hall–Kier alpha value is -2.52. The van der Waals surface area contributed by atoms with Crippen LogP contribution in [-0.2, 0) is 11.3 Å². The molecule has 2 aromatic carbocycles. The third kappa shape index (κ3) is 3.79. The van der Waals surface area contributed by atoms with Gasteiger partial charge in [-0.1, -0.05) is 0 Å². The summed E-state index contributed by atoms with van der Waals surface area (Å²) in [7, 11) is 0. The highest BCUT2D eigenvalue weighted by molar-refractivity contribution is 8.01. The van der Waals surface area contributed by atoms with Crippen molar-refractivity contribution in [2.75, 3.05) is 11.9 Å². The van der Waals surface area contributed by atoms with E-state index in [9.17, 15) is 27.9 Å². The van der Waals surface area contributed by atoms with Crippen LogP contribution in [0, 0.1) is 17.5 Å². The molecule has 27 heavy (non-hydrogen) atoms. The van der Waals surface area contributed by atoms with E-state index in [1.807, 2.05) is 0 Å². The fourth-order valence-electron chi connectivity index (χ4n) is 2.52. The fraction of sp³-hybridized carbons (Fsp3) is 0.222. The summed E-state index contributed by atoms with van der Waals surface area (Å²) >= 11 is 1.17. The highest BCUT2D eigenvalue weighted by atomic mass is 32.2. The maximum Gasteiger partial charge on any atom is 0.251 e. The molecule has 0 saturated heterocycles. The molecule has 2 aromatic rings. The quantitative estimate of drug-likeness (QED) is 0.743. The molecule has 0 bridgehead atoms. The lowest BCUT2D eigenvalue weighted by atomic mass is 10.1. The second kappa shape index (κ2) is 7.24. The number of halogens is 3. The summed E-state index contributed by atoms with van der Waals surface area (Å²) in [6, 6.07) is 5.61. The van der Waals surface area contributed by atoms with Gasteiger partial charge in [-0.3, -0.25) is 9.59 Å². The molecule has 3 rings (SSSR count). The van der Waals surface area contributed by atoms with Gasteiger partial charge in [0.15, 0.2) is 0 Å². The second-order valence-electron chi connectivity index (χ2n) is 6.19. The van der Waals surface area contributed by atoms with Gasteiger partial charge in [0.1, 0.15) is 22.2 Å². The van der Waals surface area contributed by atoms with Gasteiger partial charge in [0.05, 0.1) is 12.3 Å². The van der Waals surface area contributed by atoms with Crippen molar-refractivity contribution in [3.63, 3.8) is 0 Å². The second-order valence-corrected chi connectivity index (χ2v) is 7.73. The topological polar surface area (TPSA) is 78.4 Å². The highest BCUT2D eigenvalue weighted by Crippen LogP contribution is 2.42. The number of fused-ring (bicyclic) bond motifs is 1. The predicted molar refractivity (Wildman–Crippen MR) is 93.9 cm³/mol. The van der Waals surface area contributed by atoms with Crippen LogP contribution >= 0.6 is 11.8 Å². The van der Waals surface area contributed by atoms with Crippen molar-refractivity contribution in [1.29, 1.82) is 0 Å². The number of hydrogen-bond donors (Lipinski definition) is 3. The van der Waals surface area contributed by atoms with Crippen LogP contribution in [0.15, 0.2) is 35.2 Å². The van der Waals surface area contributed by atoms with E-state index in [1.165, 1.54) is 23.9 Å². The summed E-state index contributed by atoms with van der Waals surface area (Å²) in [5.74, 6) is -4.24. The first kappa shape index (κ1) is 19.2. The van der Waals surface area contributed by atoms with Gasteiger partial charge in [0.2, 0.25) is 5.91 Å². The molecular formula is C18H15F3N2O3S. The molecule has 0 fully saturated rings. The van der Waals surface area contributed by atoms with Gasteiger partial charge in [-0.15, -0.1) is 11.8 Å². The predicted octanol–water partition coefficient (Wildman–Crippen LogP) is 2.83. The third-order valence-electron chi connectivity index (χ3n) is 4.14. The van der Waals surface area contributed by atoms with Gasteiger partial charge in [-0.05, 0) is 25.1 Å². The zero-order chi connectivity index (χ0) is 19.8. The van der Waals surface area contributed by atoms with Gasteiger partial charge < -0.3 is 15.7 Å². The van der Waals surface area contributed by atoms with Gasteiger partial charge >= 0.3 is 0 Å². The summed E-state index contributed by atoms with van der Waals surface area (Å²) in [4.78, 5) is 25.0. The Kier molecular flexibility index (Phi) is 5.16. The smallest absolute Gasteiger partial charge is 0.251 e. The lowest BCUT2D eigenvalue weighted by Crippen LogP contribution is -2.43. The molecule has 142 valence electrons. The van der Waals surface area contributed by atoms with E-state index in [4.69, 9.17) is 0 Å². The summed E-state index contributed by atoms with van der Waals surface area (Å²) < 4.78 is 39.2. The van der Waals surface area contributed by atoms with E-state index >= 15 is 0 Å². The lowest BCUT2D eigenvalue weighted by Gasteiger charge is -2.31. The first-order chi connectivity index (χ1) is 12.7. The first-order valence-corrected chi connectivity index (χ1v) is 8.72.